The van der Waals surface area contributed by atoms with Crippen LogP contribution in [0.25, 0.3) is 0 Å². The van der Waals surface area contributed by atoms with Gasteiger partial charge in [0.1, 0.15) is 6.61 Å². The van der Waals surface area contributed by atoms with Crippen LogP contribution in [0.2, 0.25) is 0 Å². The molecule has 0 aromatic carbocycles. The molecule has 9 heavy (non-hydrogen) atoms. The van der Waals surface area contributed by atoms with Crippen molar-refractivity contribution in [2.45, 2.75) is 0 Å². The number of hydrogen-bond donors (Lipinski definition) is 2. The van der Waals surface area contributed by atoms with E-state index in [0.717, 1.165) is 0 Å². The van der Waals surface area contributed by atoms with Crippen molar-refractivity contribution in [3.63, 3.8) is 0 Å². The van der Waals surface area contributed by atoms with Crippen molar-refractivity contribution >= 4 is 19.3 Å². The maximum atomic E-state index is 9.66. The Morgan fingerprint density at radius 3 is 2.33 bits per heavy atom. The van der Waals surface area contributed by atoms with Gasteiger partial charge >= 0.3 is 13.5 Å². The molecule has 2 N–H and O–H groups in total. The Hall–Kier alpha value is -1.04. The van der Waals surface area contributed by atoms with Crippen molar-refractivity contribution in [3.05, 3.63) is 0 Å². The Bertz CT molecular complexity index is 107. The van der Waals surface area contributed by atoms with Crippen LogP contribution in [-0.4, -0.2) is 36.1 Å². The van der Waals surface area contributed by atoms with E-state index in [1.807, 2.05) is 0 Å². The maximum absolute atomic E-state index is 9.66. The van der Waals surface area contributed by atoms with E-state index in [0.29, 0.717) is 0 Å². The minimum Gasteiger partial charge on any atom is -0.487 e. The molecule has 0 rings (SSSR count). The number of carboxylic acids is 1. The summed E-state index contributed by atoms with van der Waals surface area (Å²) >= 11 is 0. The average Bonchev–Trinajstić information content (AvgIpc) is 1.63. The van der Waals surface area contributed by atoms with Gasteiger partial charge < -0.3 is 14.9 Å². The van der Waals surface area contributed by atoms with Crippen LogP contribution in [0.3, 0.4) is 0 Å². The molecule has 0 aliphatic carbocycles. The predicted octanol–water partition coefficient (Wildman–Crippen LogP) is -0.883. The standard InChI is InChI=1S/C3H5BO5/c5-2(6)1-9-4-3(7)8/h4H,1H2,(H,5,6)(H,7,8). The highest BCUT2D eigenvalue weighted by Crippen LogP contribution is 1.71. The van der Waals surface area contributed by atoms with Crippen LogP contribution in [0, 0.1) is 0 Å². The van der Waals surface area contributed by atoms with E-state index in [2.05, 4.69) is 4.65 Å². The highest BCUT2D eigenvalue weighted by Gasteiger charge is 2.02. The van der Waals surface area contributed by atoms with Gasteiger partial charge in [0.25, 0.3) is 5.87 Å². The van der Waals surface area contributed by atoms with Crippen LogP contribution in [-0.2, 0) is 9.45 Å². The zero-order valence-electron chi connectivity index (χ0n) is 4.53. The molecule has 0 spiro atoms. The van der Waals surface area contributed by atoms with E-state index >= 15 is 0 Å². The van der Waals surface area contributed by atoms with Gasteiger partial charge in [0.05, 0.1) is 0 Å². The molecular formula is C3H5BO5. The summed E-state index contributed by atoms with van der Waals surface area (Å²) in [4.78, 5) is 19.3. The van der Waals surface area contributed by atoms with Crippen LogP contribution in [0.15, 0.2) is 0 Å². The highest BCUT2D eigenvalue weighted by molar-refractivity contribution is 6.66. The molecule has 0 fully saturated rings. The molecule has 0 unspecified atom stereocenters. The molecule has 0 amide bonds. The molecule has 0 saturated heterocycles. The van der Waals surface area contributed by atoms with E-state index in [9.17, 15) is 9.59 Å². The topological polar surface area (TPSA) is 83.8 Å². The van der Waals surface area contributed by atoms with E-state index in [1.54, 1.807) is 0 Å². The normalized spacial score (nSPS) is 8.44. The van der Waals surface area contributed by atoms with Gasteiger partial charge in [-0.15, -0.1) is 0 Å². The van der Waals surface area contributed by atoms with Gasteiger partial charge in [-0.3, -0.25) is 4.79 Å². The molecule has 0 heterocycles. The van der Waals surface area contributed by atoms with Crippen LogP contribution >= 0.6 is 0 Å². The summed E-state index contributed by atoms with van der Waals surface area (Å²) in [6, 6.07) is 0. The van der Waals surface area contributed by atoms with Gasteiger partial charge in [-0.2, -0.15) is 0 Å². The van der Waals surface area contributed by atoms with E-state index in [4.69, 9.17) is 10.2 Å². The minimum atomic E-state index is -1.17. The molecule has 0 aliphatic rings. The minimum absolute atomic E-state index is 0.563. The Labute approximate surface area is 51.5 Å². The van der Waals surface area contributed by atoms with Crippen molar-refractivity contribution in [1.29, 1.82) is 0 Å². The zero-order valence-corrected chi connectivity index (χ0v) is 4.53. The molecule has 0 bridgehead atoms. The Morgan fingerprint density at radius 2 is 2.00 bits per heavy atom. The second kappa shape index (κ2) is 3.91. The van der Waals surface area contributed by atoms with Crippen molar-refractivity contribution < 1.29 is 24.5 Å². The van der Waals surface area contributed by atoms with E-state index in [-0.39, 0.29) is 0 Å². The molecule has 5 nitrogen and oxygen atoms in total. The summed E-state index contributed by atoms with van der Waals surface area (Å²) in [5, 5.41) is 15.8. The third-order valence-corrected chi connectivity index (χ3v) is 0.451. The fraction of sp³-hybridized carbons (Fsp3) is 0.333. The lowest BCUT2D eigenvalue weighted by molar-refractivity contribution is -0.139. The Balaban J connectivity index is 3.10. The Kier molecular flexibility index (Phi) is 3.46. The third-order valence-electron chi connectivity index (χ3n) is 0.451. The molecule has 0 atom stereocenters. The first-order valence-electron chi connectivity index (χ1n) is 2.14. The highest BCUT2D eigenvalue weighted by atomic mass is 16.5. The lowest BCUT2D eigenvalue weighted by Gasteiger charge is -1.91. The number of hydrogen-bond acceptors (Lipinski definition) is 3. The van der Waals surface area contributed by atoms with Crippen LogP contribution in [0.4, 0.5) is 4.79 Å². The summed E-state index contributed by atoms with van der Waals surface area (Å²) in [7, 11) is -0.563. The quantitative estimate of drug-likeness (QED) is 0.485. The second-order valence-electron chi connectivity index (χ2n) is 1.28. The fourth-order valence-corrected chi connectivity index (χ4v) is 0.226. The molecule has 0 aromatic heterocycles. The molecule has 0 radical (unpaired) electrons. The first kappa shape index (κ1) is 7.96. The third kappa shape index (κ3) is 6.96. The van der Waals surface area contributed by atoms with Crippen LogP contribution < -0.4 is 0 Å². The Morgan fingerprint density at radius 1 is 1.44 bits per heavy atom. The smallest absolute Gasteiger partial charge is 0.407 e. The summed E-state index contributed by atoms with van der Waals surface area (Å²) in [6.07, 6.45) is 0. The monoisotopic (exact) mass is 132 g/mol. The predicted molar refractivity (Wildman–Crippen MR) is 28.8 cm³/mol. The lowest BCUT2D eigenvalue weighted by Crippen LogP contribution is -2.15. The van der Waals surface area contributed by atoms with Gasteiger partial charge in [-0.1, -0.05) is 0 Å². The van der Waals surface area contributed by atoms with Gasteiger partial charge in [-0.05, 0) is 0 Å². The largest absolute Gasteiger partial charge is 0.487 e. The van der Waals surface area contributed by atoms with Gasteiger partial charge in [0.15, 0.2) is 0 Å². The number of aliphatic carboxylic acids is 1. The first-order valence-corrected chi connectivity index (χ1v) is 2.14. The van der Waals surface area contributed by atoms with E-state index < -0.39 is 25.9 Å². The molecule has 0 aromatic rings. The number of carboxylic acid groups (broad SMARTS) is 2. The molecule has 0 saturated carbocycles. The van der Waals surface area contributed by atoms with Gasteiger partial charge in [0, 0.05) is 0 Å². The van der Waals surface area contributed by atoms with Crippen molar-refractivity contribution in [2.75, 3.05) is 6.61 Å². The first-order chi connectivity index (χ1) is 4.13. The summed E-state index contributed by atoms with van der Waals surface area (Å²) in [5.74, 6) is -2.34. The van der Waals surface area contributed by atoms with Crippen molar-refractivity contribution in [2.24, 2.45) is 0 Å². The molecular weight excluding hydrogens is 127 g/mol. The summed E-state index contributed by atoms with van der Waals surface area (Å²) < 4.78 is 4.16. The second-order valence-corrected chi connectivity index (χ2v) is 1.28. The fourth-order valence-electron chi connectivity index (χ4n) is 0.226. The van der Waals surface area contributed by atoms with Crippen LogP contribution in [0.5, 0.6) is 0 Å². The SMILES string of the molecule is O=C(O)BOCC(=O)O. The lowest BCUT2D eigenvalue weighted by atomic mass is 10.0. The van der Waals surface area contributed by atoms with Crippen LogP contribution in [0.1, 0.15) is 0 Å². The summed E-state index contributed by atoms with van der Waals surface area (Å²) in [6.45, 7) is -0.563. The van der Waals surface area contributed by atoms with E-state index in [1.165, 1.54) is 0 Å². The number of carbonyl (C=O) groups is 2. The average molecular weight is 132 g/mol. The van der Waals surface area contributed by atoms with Gasteiger partial charge in [0.2, 0.25) is 0 Å². The maximum Gasteiger partial charge on any atom is 0.407 e. The van der Waals surface area contributed by atoms with Crippen molar-refractivity contribution in [3.8, 4) is 0 Å². The summed E-state index contributed by atoms with van der Waals surface area (Å²) in [5.41, 5.74) is 0. The molecule has 0 aliphatic heterocycles. The zero-order chi connectivity index (χ0) is 7.28. The molecule has 6 heteroatoms. The van der Waals surface area contributed by atoms with Gasteiger partial charge in [-0.25, -0.2) is 4.79 Å². The van der Waals surface area contributed by atoms with Crippen molar-refractivity contribution in [1.82, 2.24) is 0 Å². The number of rotatable bonds is 4. The molecule has 50 valence electrons.